The number of halogens is 2. The largest absolute Gasteiger partial charge is 0.255 e. The predicted octanol–water partition coefficient (Wildman–Crippen LogP) is 4.98. The van der Waals surface area contributed by atoms with Gasteiger partial charge in [-0.2, -0.15) is 4.31 Å². The van der Waals surface area contributed by atoms with Gasteiger partial charge in [-0.15, -0.1) is 11.8 Å². The van der Waals surface area contributed by atoms with Crippen molar-refractivity contribution in [2.24, 2.45) is 0 Å². The molecule has 2 heterocycles. The summed E-state index contributed by atoms with van der Waals surface area (Å²) in [6.07, 6.45) is 1.60. The summed E-state index contributed by atoms with van der Waals surface area (Å²) in [5.41, 5.74) is 1.18. The van der Waals surface area contributed by atoms with E-state index in [-0.39, 0.29) is 4.90 Å². The van der Waals surface area contributed by atoms with Gasteiger partial charge in [0.25, 0.3) is 0 Å². The van der Waals surface area contributed by atoms with E-state index in [9.17, 15) is 8.42 Å². The maximum absolute atomic E-state index is 13.4. The van der Waals surface area contributed by atoms with Gasteiger partial charge in [0.1, 0.15) is 4.90 Å². The van der Waals surface area contributed by atoms with Crippen LogP contribution in [0, 0.1) is 0 Å². The Morgan fingerprint density at radius 1 is 1.08 bits per heavy atom. The van der Waals surface area contributed by atoms with E-state index in [4.69, 9.17) is 23.2 Å². The molecule has 26 heavy (non-hydrogen) atoms. The smallest absolute Gasteiger partial charge is 0.246 e. The van der Waals surface area contributed by atoms with Crippen molar-refractivity contribution in [1.29, 1.82) is 0 Å². The Morgan fingerprint density at radius 3 is 2.69 bits per heavy atom. The molecule has 1 unspecified atom stereocenters. The van der Waals surface area contributed by atoms with Gasteiger partial charge in [0.2, 0.25) is 10.0 Å². The number of nitrogens with zero attached hydrogens (tertiary/aromatic N) is 2. The van der Waals surface area contributed by atoms with Gasteiger partial charge >= 0.3 is 0 Å². The summed E-state index contributed by atoms with van der Waals surface area (Å²) in [6.45, 7) is 0.406. The molecule has 4 nitrogen and oxygen atoms in total. The fraction of sp³-hybridized carbons (Fsp3) is 0.167. The van der Waals surface area contributed by atoms with Crippen molar-refractivity contribution in [3.63, 3.8) is 0 Å². The first-order valence-electron chi connectivity index (χ1n) is 7.91. The van der Waals surface area contributed by atoms with Crippen LogP contribution in [0.15, 0.2) is 59.6 Å². The summed E-state index contributed by atoms with van der Waals surface area (Å²) in [5, 5.41) is 1.19. The standard InChI is InChI=1S/C18H14Cl2N2O2S2/c19-14-7-2-6-13(16(14)20)18-22(10-11-25-18)26(23,24)15-8-1-4-12-5-3-9-21-17(12)15/h1-9,18H,10-11H2. The number of para-hydroxylation sites is 1. The Hall–Kier alpha value is -1.31. The highest BCUT2D eigenvalue weighted by Gasteiger charge is 2.38. The molecule has 8 heteroatoms. The van der Waals surface area contributed by atoms with Gasteiger partial charge in [0.05, 0.1) is 20.9 Å². The van der Waals surface area contributed by atoms with E-state index in [0.717, 1.165) is 5.39 Å². The molecule has 1 aliphatic rings. The first kappa shape index (κ1) is 18.1. The van der Waals surface area contributed by atoms with E-state index >= 15 is 0 Å². The van der Waals surface area contributed by atoms with E-state index in [2.05, 4.69) is 4.98 Å². The third-order valence-corrected chi connectivity index (χ3v) is 8.38. The van der Waals surface area contributed by atoms with E-state index < -0.39 is 15.4 Å². The van der Waals surface area contributed by atoms with Crippen LogP contribution in [0.4, 0.5) is 0 Å². The first-order valence-corrected chi connectivity index (χ1v) is 11.2. The normalized spacial score (nSPS) is 18.5. The fourth-order valence-electron chi connectivity index (χ4n) is 3.07. The molecule has 3 aromatic rings. The van der Waals surface area contributed by atoms with E-state index in [1.54, 1.807) is 36.5 Å². The Bertz CT molecular complexity index is 1080. The topological polar surface area (TPSA) is 50.3 Å². The average Bonchev–Trinajstić information content (AvgIpc) is 3.14. The van der Waals surface area contributed by atoms with E-state index in [1.165, 1.54) is 16.1 Å². The molecular formula is C18H14Cl2N2O2S2. The van der Waals surface area contributed by atoms with Crippen LogP contribution in [-0.2, 0) is 10.0 Å². The van der Waals surface area contributed by atoms with Crippen LogP contribution >= 0.6 is 35.0 Å². The third kappa shape index (κ3) is 3.00. The number of pyridine rings is 1. The van der Waals surface area contributed by atoms with Crippen molar-refractivity contribution >= 4 is 55.9 Å². The quantitative estimate of drug-likeness (QED) is 0.594. The maximum Gasteiger partial charge on any atom is 0.246 e. The lowest BCUT2D eigenvalue weighted by Crippen LogP contribution is -2.31. The molecule has 0 aliphatic carbocycles. The Labute approximate surface area is 166 Å². The summed E-state index contributed by atoms with van der Waals surface area (Å²) in [5.74, 6) is 0.685. The van der Waals surface area contributed by atoms with Gasteiger partial charge < -0.3 is 0 Å². The zero-order valence-electron chi connectivity index (χ0n) is 13.5. The molecule has 4 rings (SSSR count). The van der Waals surface area contributed by atoms with Crippen LogP contribution in [0.25, 0.3) is 10.9 Å². The third-order valence-electron chi connectivity index (χ3n) is 4.28. The van der Waals surface area contributed by atoms with Gasteiger partial charge in [0.15, 0.2) is 0 Å². The van der Waals surface area contributed by atoms with Crippen LogP contribution in [0.3, 0.4) is 0 Å². The van der Waals surface area contributed by atoms with Gasteiger partial charge in [-0.3, -0.25) is 4.98 Å². The molecule has 0 amide bonds. The molecule has 1 atom stereocenters. The highest BCUT2D eigenvalue weighted by molar-refractivity contribution is 8.01. The van der Waals surface area contributed by atoms with Crippen LogP contribution in [0.5, 0.6) is 0 Å². The lowest BCUT2D eigenvalue weighted by atomic mass is 10.2. The number of rotatable bonds is 3. The zero-order valence-corrected chi connectivity index (χ0v) is 16.6. The minimum Gasteiger partial charge on any atom is -0.255 e. The summed E-state index contributed by atoms with van der Waals surface area (Å²) in [4.78, 5) is 4.50. The summed E-state index contributed by atoms with van der Waals surface area (Å²) in [6, 6.07) is 14.1. The van der Waals surface area contributed by atoms with Crippen molar-refractivity contribution in [1.82, 2.24) is 9.29 Å². The lowest BCUT2D eigenvalue weighted by molar-refractivity contribution is 0.435. The number of aromatic nitrogens is 1. The van der Waals surface area contributed by atoms with Gasteiger partial charge in [0, 0.05) is 29.4 Å². The minimum absolute atomic E-state index is 0.209. The first-order chi connectivity index (χ1) is 12.5. The van der Waals surface area contributed by atoms with Gasteiger partial charge in [-0.1, -0.05) is 53.5 Å². The van der Waals surface area contributed by atoms with Gasteiger partial charge in [-0.25, -0.2) is 8.42 Å². The second-order valence-electron chi connectivity index (χ2n) is 5.81. The SMILES string of the molecule is O=S(=O)(c1cccc2cccnc12)N1CCSC1c1cccc(Cl)c1Cl. The van der Waals surface area contributed by atoms with Crippen molar-refractivity contribution in [2.45, 2.75) is 10.3 Å². The second kappa shape index (κ2) is 7.02. The molecule has 1 aliphatic heterocycles. The highest BCUT2D eigenvalue weighted by atomic mass is 35.5. The van der Waals surface area contributed by atoms with Crippen molar-refractivity contribution in [2.75, 3.05) is 12.3 Å². The van der Waals surface area contributed by atoms with Gasteiger partial charge in [-0.05, 0) is 18.2 Å². The van der Waals surface area contributed by atoms with Crippen LogP contribution in [-0.4, -0.2) is 30.0 Å². The number of fused-ring (bicyclic) bond motifs is 1. The number of benzene rings is 2. The maximum atomic E-state index is 13.4. The van der Waals surface area contributed by atoms with Crippen molar-refractivity contribution < 1.29 is 8.42 Å². The Kier molecular flexibility index (Phi) is 4.88. The Balaban J connectivity index is 1.83. The van der Waals surface area contributed by atoms with Crippen molar-refractivity contribution in [3.8, 4) is 0 Å². The van der Waals surface area contributed by atoms with Crippen LogP contribution < -0.4 is 0 Å². The molecule has 0 bridgehead atoms. The van der Waals surface area contributed by atoms with E-state index in [1.807, 2.05) is 18.2 Å². The predicted molar refractivity (Wildman–Crippen MR) is 107 cm³/mol. The molecule has 2 aromatic carbocycles. The summed E-state index contributed by atoms with van der Waals surface area (Å²) >= 11 is 14.0. The Morgan fingerprint density at radius 2 is 1.85 bits per heavy atom. The molecule has 1 aromatic heterocycles. The minimum atomic E-state index is -3.74. The zero-order chi connectivity index (χ0) is 18.3. The summed E-state index contributed by atoms with van der Waals surface area (Å²) in [7, 11) is -3.74. The highest BCUT2D eigenvalue weighted by Crippen LogP contribution is 2.45. The van der Waals surface area contributed by atoms with Crippen molar-refractivity contribution in [3.05, 3.63) is 70.3 Å². The molecule has 1 saturated heterocycles. The second-order valence-corrected chi connectivity index (χ2v) is 9.65. The molecular weight excluding hydrogens is 411 g/mol. The van der Waals surface area contributed by atoms with Crippen LogP contribution in [0.1, 0.15) is 10.9 Å². The van der Waals surface area contributed by atoms with E-state index in [0.29, 0.717) is 33.4 Å². The fourth-order valence-corrected chi connectivity index (χ4v) is 6.97. The summed E-state index contributed by atoms with van der Waals surface area (Å²) < 4.78 is 28.3. The lowest BCUT2D eigenvalue weighted by Gasteiger charge is -2.25. The number of thioether (sulfide) groups is 1. The molecule has 0 spiro atoms. The molecule has 0 radical (unpaired) electrons. The molecule has 0 saturated carbocycles. The molecule has 134 valence electrons. The monoisotopic (exact) mass is 424 g/mol. The number of sulfonamides is 1. The van der Waals surface area contributed by atoms with Crippen LogP contribution in [0.2, 0.25) is 10.0 Å². The number of hydrogen-bond donors (Lipinski definition) is 0. The molecule has 1 fully saturated rings. The average molecular weight is 425 g/mol. The molecule has 0 N–H and O–H groups in total. The number of hydrogen-bond acceptors (Lipinski definition) is 4.